The molecule has 1 heterocycles. The van der Waals surface area contributed by atoms with E-state index >= 15 is 0 Å². The van der Waals surface area contributed by atoms with Crippen LogP contribution in [0.4, 0.5) is 0 Å². The number of hydrogen-bond acceptors (Lipinski definition) is 12. The van der Waals surface area contributed by atoms with E-state index in [0.29, 0.717) is 0 Å². The van der Waals surface area contributed by atoms with Gasteiger partial charge in [0.2, 0.25) is 12.4 Å². The monoisotopic (exact) mass is 558 g/mol. The molecular formula is C28H30O12. The second-order valence-corrected chi connectivity index (χ2v) is 8.95. The summed E-state index contributed by atoms with van der Waals surface area (Å²) in [7, 11) is 0. The lowest BCUT2D eigenvalue weighted by atomic mass is 9.98. The Labute approximate surface area is 230 Å². The van der Waals surface area contributed by atoms with E-state index in [0.717, 1.165) is 33.3 Å². The van der Waals surface area contributed by atoms with Crippen LogP contribution in [0.1, 0.15) is 43.6 Å². The van der Waals surface area contributed by atoms with Gasteiger partial charge < -0.3 is 33.5 Å². The van der Waals surface area contributed by atoms with Crippen molar-refractivity contribution in [3.05, 3.63) is 59.7 Å². The van der Waals surface area contributed by atoms with Gasteiger partial charge in [-0.3, -0.25) is 24.0 Å². The Balaban J connectivity index is 1.91. The highest BCUT2D eigenvalue weighted by atomic mass is 16.7. The Morgan fingerprint density at radius 1 is 0.775 bits per heavy atom. The molecule has 0 spiro atoms. The van der Waals surface area contributed by atoms with Gasteiger partial charge in [-0.25, -0.2) is 0 Å². The van der Waals surface area contributed by atoms with Crippen LogP contribution in [0.2, 0.25) is 0 Å². The Hall–Kier alpha value is -4.45. The molecule has 0 aliphatic carbocycles. The van der Waals surface area contributed by atoms with Gasteiger partial charge in [-0.15, -0.1) is 0 Å². The molecule has 12 heteroatoms. The van der Waals surface area contributed by atoms with Crippen LogP contribution in [0.5, 0.6) is 11.5 Å². The maximum Gasteiger partial charge on any atom is 0.303 e. The summed E-state index contributed by atoms with van der Waals surface area (Å²) in [6.45, 7) is 4.06. The molecule has 5 atom stereocenters. The maximum absolute atomic E-state index is 12.7. The van der Waals surface area contributed by atoms with Crippen LogP contribution in [0.3, 0.4) is 0 Å². The van der Waals surface area contributed by atoms with Crippen molar-refractivity contribution in [3.63, 3.8) is 0 Å². The number of ether oxygens (including phenoxy) is 6. The lowest BCUT2D eigenvalue weighted by Crippen LogP contribution is -2.63. The topological polar surface area (TPSA) is 161 Å². The van der Waals surface area contributed by atoms with Crippen LogP contribution in [0.15, 0.2) is 48.5 Å². The van der Waals surface area contributed by atoms with Crippen molar-refractivity contribution in [2.45, 2.75) is 64.8 Å². The molecule has 0 bridgehead atoms. The molecule has 2 aromatic rings. The summed E-state index contributed by atoms with van der Waals surface area (Å²) >= 11 is 0. The van der Waals surface area contributed by atoms with Gasteiger partial charge in [0.1, 0.15) is 24.2 Å². The molecule has 12 nitrogen and oxygen atoms in total. The molecule has 1 saturated heterocycles. The predicted octanol–water partition coefficient (Wildman–Crippen LogP) is 2.28. The fourth-order valence-electron chi connectivity index (χ4n) is 4.11. The van der Waals surface area contributed by atoms with Crippen molar-refractivity contribution in [3.8, 4) is 11.5 Å². The van der Waals surface area contributed by atoms with E-state index in [9.17, 15) is 29.1 Å². The van der Waals surface area contributed by atoms with E-state index < -0.39 is 61.2 Å². The third-order valence-electron chi connectivity index (χ3n) is 5.68. The molecule has 3 unspecified atom stereocenters. The molecule has 0 radical (unpaired) electrons. The first-order valence-corrected chi connectivity index (χ1v) is 12.3. The summed E-state index contributed by atoms with van der Waals surface area (Å²) in [6, 6.07) is 12.9. The van der Waals surface area contributed by atoms with E-state index in [-0.39, 0.29) is 29.3 Å². The molecular weight excluding hydrogens is 528 g/mol. The van der Waals surface area contributed by atoms with Crippen LogP contribution in [-0.4, -0.2) is 72.1 Å². The second kappa shape index (κ2) is 13.6. The summed E-state index contributed by atoms with van der Waals surface area (Å²) in [5.41, 5.74) is 0.822. The fraction of sp³-hybridized carbons (Fsp3) is 0.393. The Morgan fingerprint density at radius 3 is 1.95 bits per heavy atom. The molecule has 214 valence electrons. The van der Waals surface area contributed by atoms with E-state index in [2.05, 4.69) is 0 Å². The van der Waals surface area contributed by atoms with E-state index in [1.807, 2.05) is 6.07 Å². The van der Waals surface area contributed by atoms with Crippen LogP contribution in [0.25, 0.3) is 0 Å². The minimum absolute atomic E-state index is 0.00895. The first-order valence-electron chi connectivity index (χ1n) is 12.3. The SMILES string of the molecule is CC(=O)OCC1O[C@@H](Oc2ccc(C(=O)Cc3ccccc3)c(O)c2)C(OC(C)=O)C(OC(C)=O)[C@@H]1OC(C)=O. The molecule has 1 fully saturated rings. The van der Waals surface area contributed by atoms with Crippen LogP contribution in [-0.2, 0) is 49.3 Å². The molecule has 2 aromatic carbocycles. The predicted molar refractivity (Wildman–Crippen MR) is 135 cm³/mol. The molecule has 0 aromatic heterocycles. The Kier molecular flexibility index (Phi) is 10.2. The standard InChI is InChI=1S/C28H30O12/c1-15(29)35-14-24-25(36-16(2)30)26(37-17(3)31)27(38-18(4)32)28(40-24)39-20-10-11-21(23(34)13-20)22(33)12-19-8-6-5-7-9-19/h5-11,13,24-28,34H,12,14H2,1-4H3/t24?,25-,26?,27?,28-/m1/s1. The number of rotatable bonds is 10. The number of phenolic OH excluding ortho intramolecular Hbond substituents is 1. The number of carbonyl (C=O) groups is 5. The zero-order valence-electron chi connectivity index (χ0n) is 22.4. The zero-order valence-corrected chi connectivity index (χ0v) is 22.4. The minimum Gasteiger partial charge on any atom is -0.507 e. The van der Waals surface area contributed by atoms with Crippen molar-refractivity contribution in [1.29, 1.82) is 0 Å². The number of hydrogen-bond donors (Lipinski definition) is 1. The summed E-state index contributed by atoms with van der Waals surface area (Å²) in [6.07, 6.45) is -6.81. The van der Waals surface area contributed by atoms with E-state index in [4.69, 9.17) is 28.4 Å². The molecule has 3 rings (SSSR count). The first-order chi connectivity index (χ1) is 18.9. The highest BCUT2D eigenvalue weighted by Crippen LogP contribution is 2.32. The summed E-state index contributed by atoms with van der Waals surface area (Å²) in [5.74, 6) is -3.69. The number of Topliss-reactive ketones (excluding diaryl/α,β-unsaturated/α-hetero) is 1. The number of carbonyl (C=O) groups excluding carboxylic acids is 5. The Morgan fingerprint density at radius 2 is 1.38 bits per heavy atom. The van der Waals surface area contributed by atoms with Crippen LogP contribution in [0, 0.1) is 0 Å². The number of benzene rings is 2. The maximum atomic E-state index is 12.7. The van der Waals surface area contributed by atoms with Crippen molar-refractivity contribution >= 4 is 29.7 Å². The van der Waals surface area contributed by atoms with Crippen molar-refractivity contribution in [1.82, 2.24) is 0 Å². The van der Waals surface area contributed by atoms with E-state index in [1.54, 1.807) is 24.3 Å². The second-order valence-electron chi connectivity index (χ2n) is 8.95. The highest BCUT2D eigenvalue weighted by Gasteiger charge is 2.53. The van der Waals surface area contributed by atoms with Crippen molar-refractivity contribution < 1.29 is 57.5 Å². The average molecular weight is 559 g/mol. The zero-order chi connectivity index (χ0) is 29.4. The smallest absolute Gasteiger partial charge is 0.303 e. The van der Waals surface area contributed by atoms with Gasteiger partial charge in [0.15, 0.2) is 18.0 Å². The molecule has 1 aliphatic rings. The number of esters is 4. The van der Waals surface area contributed by atoms with Gasteiger partial charge in [-0.1, -0.05) is 30.3 Å². The summed E-state index contributed by atoms with van der Waals surface area (Å²) in [4.78, 5) is 60.0. The van der Waals surface area contributed by atoms with Gasteiger partial charge >= 0.3 is 23.9 Å². The summed E-state index contributed by atoms with van der Waals surface area (Å²) < 4.78 is 32.8. The summed E-state index contributed by atoms with van der Waals surface area (Å²) in [5, 5.41) is 10.6. The highest BCUT2D eigenvalue weighted by molar-refractivity contribution is 6.00. The van der Waals surface area contributed by atoms with E-state index in [1.165, 1.54) is 18.2 Å². The average Bonchev–Trinajstić information content (AvgIpc) is 2.86. The number of phenols is 1. The molecule has 0 amide bonds. The Bertz CT molecular complexity index is 1240. The first kappa shape index (κ1) is 30.1. The number of ketones is 1. The molecule has 40 heavy (non-hydrogen) atoms. The lowest BCUT2D eigenvalue weighted by molar-refractivity contribution is -0.288. The fourth-order valence-corrected chi connectivity index (χ4v) is 4.11. The van der Waals surface area contributed by atoms with Gasteiger partial charge in [0, 0.05) is 40.2 Å². The quantitative estimate of drug-likeness (QED) is 0.258. The van der Waals surface area contributed by atoms with Crippen molar-refractivity contribution in [2.24, 2.45) is 0 Å². The number of aromatic hydroxyl groups is 1. The van der Waals surface area contributed by atoms with Gasteiger partial charge in [-0.05, 0) is 17.7 Å². The van der Waals surface area contributed by atoms with Gasteiger partial charge in [0.25, 0.3) is 0 Å². The third kappa shape index (κ3) is 8.27. The lowest BCUT2D eigenvalue weighted by Gasteiger charge is -2.43. The largest absolute Gasteiger partial charge is 0.507 e. The third-order valence-corrected chi connectivity index (χ3v) is 5.68. The molecule has 0 saturated carbocycles. The normalized spacial score (nSPS) is 21.9. The van der Waals surface area contributed by atoms with Gasteiger partial charge in [0.05, 0.1) is 5.56 Å². The molecule has 1 aliphatic heterocycles. The minimum atomic E-state index is -1.48. The van der Waals surface area contributed by atoms with Crippen LogP contribution >= 0.6 is 0 Å². The van der Waals surface area contributed by atoms with Gasteiger partial charge in [-0.2, -0.15) is 0 Å². The molecule has 1 N–H and O–H groups in total. The van der Waals surface area contributed by atoms with Crippen LogP contribution < -0.4 is 4.74 Å². The van der Waals surface area contributed by atoms with Crippen molar-refractivity contribution in [2.75, 3.05) is 6.61 Å².